The molecular weight excluding hydrogens is 136 g/mol. The number of carbonyl (C=O) groups is 1. The van der Waals surface area contributed by atoms with E-state index in [2.05, 4.69) is 16.1 Å². The first-order valence-corrected chi connectivity index (χ1v) is 2.72. The van der Waals surface area contributed by atoms with E-state index in [1.807, 2.05) is 0 Å². The first kappa shape index (κ1) is 8.97. The van der Waals surface area contributed by atoms with Gasteiger partial charge in [-0.25, -0.2) is 4.79 Å². The zero-order valence-electron chi connectivity index (χ0n) is 5.74. The van der Waals surface area contributed by atoms with Gasteiger partial charge in [0.25, 0.3) is 0 Å². The Balaban J connectivity index is 3.34. The number of carbonyl (C=O) groups excluding carboxylic acids is 1. The van der Waals surface area contributed by atoms with Gasteiger partial charge < -0.3 is 14.6 Å². The van der Waals surface area contributed by atoms with Crippen molar-refractivity contribution in [3.8, 4) is 0 Å². The molecule has 0 amide bonds. The summed E-state index contributed by atoms with van der Waals surface area (Å²) >= 11 is 0. The van der Waals surface area contributed by atoms with E-state index in [1.165, 1.54) is 13.2 Å². The molecule has 1 unspecified atom stereocenters. The van der Waals surface area contributed by atoms with Gasteiger partial charge in [-0.05, 0) is 0 Å². The second-order valence-corrected chi connectivity index (χ2v) is 1.57. The summed E-state index contributed by atoms with van der Waals surface area (Å²) in [6, 6.07) is 0. The van der Waals surface area contributed by atoms with Crippen LogP contribution < -0.4 is 0 Å². The van der Waals surface area contributed by atoms with E-state index in [0.29, 0.717) is 0 Å². The predicted molar refractivity (Wildman–Crippen MR) is 34.6 cm³/mol. The lowest BCUT2D eigenvalue weighted by atomic mass is 10.4. The number of methoxy groups -OCH3 is 1. The highest BCUT2D eigenvalue weighted by Crippen LogP contribution is 1.87. The maximum atomic E-state index is 10.2. The highest BCUT2D eigenvalue weighted by Gasteiger charge is 2.03. The van der Waals surface area contributed by atoms with E-state index in [1.54, 1.807) is 0 Å². The Morgan fingerprint density at radius 3 is 2.90 bits per heavy atom. The average molecular weight is 146 g/mol. The lowest BCUT2D eigenvalue weighted by Gasteiger charge is -2.04. The minimum atomic E-state index is -0.820. The normalized spacial score (nSPS) is 11.8. The molecule has 0 saturated carbocycles. The molecule has 0 aliphatic carbocycles. The summed E-state index contributed by atoms with van der Waals surface area (Å²) in [4.78, 5) is 10.2. The van der Waals surface area contributed by atoms with Crippen molar-refractivity contribution in [2.45, 2.75) is 6.10 Å². The topological polar surface area (TPSA) is 55.8 Å². The molecular formula is C6H10O4. The van der Waals surface area contributed by atoms with Crippen LogP contribution in [0, 0.1) is 0 Å². The largest absolute Gasteiger partial charge is 0.508 e. The molecule has 0 aliphatic rings. The first-order valence-electron chi connectivity index (χ1n) is 2.72. The van der Waals surface area contributed by atoms with Gasteiger partial charge in [-0.15, -0.1) is 6.58 Å². The molecule has 0 aromatic carbocycles. The van der Waals surface area contributed by atoms with Gasteiger partial charge in [0.15, 0.2) is 0 Å². The molecule has 0 radical (unpaired) electrons. The summed E-state index contributed by atoms with van der Waals surface area (Å²) in [6.45, 7) is 3.17. The second-order valence-electron chi connectivity index (χ2n) is 1.57. The minimum Gasteiger partial charge on any atom is -0.438 e. The number of aliphatic hydroxyl groups excluding tert-OH is 1. The van der Waals surface area contributed by atoms with E-state index in [0.717, 1.165) is 0 Å². The summed E-state index contributed by atoms with van der Waals surface area (Å²) in [5.41, 5.74) is 0. The SMILES string of the molecule is C=CC(O)COC(=O)OC. The third-order valence-electron chi connectivity index (χ3n) is 0.811. The van der Waals surface area contributed by atoms with Crippen LogP contribution in [-0.4, -0.2) is 31.1 Å². The summed E-state index contributed by atoms with van der Waals surface area (Å²) in [6.07, 6.45) is -0.358. The molecule has 1 atom stereocenters. The Labute approximate surface area is 59.1 Å². The Bertz CT molecular complexity index is 121. The molecule has 0 heterocycles. The summed E-state index contributed by atoms with van der Waals surface area (Å²) in [5, 5.41) is 8.75. The fourth-order valence-electron chi connectivity index (χ4n) is 0.280. The van der Waals surface area contributed by atoms with Crippen LogP contribution in [0.4, 0.5) is 4.79 Å². The van der Waals surface area contributed by atoms with Crippen molar-refractivity contribution in [2.24, 2.45) is 0 Å². The van der Waals surface area contributed by atoms with Crippen LogP contribution in [0.25, 0.3) is 0 Å². The maximum absolute atomic E-state index is 10.2. The van der Waals surface area contributed by atoms with Crippen LogP contribution in [0.2, 0.25) is 0 Å². The van der Waals surface area contributed by atoms with E-state index in [-0.39, 0.29) is 6.61 Å². The first-order chi connectivity index (χ1) is 4.70. The van der Waals surface area contributed by atoms with Gasteiger partial charge in [-0.1, -0.05) is 6.08 Å². The average Bonchev–Trinajstić information content (AvgIpc) is 1.99. The highest BCUT2D eigenvalue weighted by molar-refractivity contribution is 5.59. The van der Waals surface area contributed by atoms with Crippen LogP contribution in [0.15, 0.2) is 12.7 Å². The zero-order chi connectivity index (χ0) is 7.98. The van der Waals surface area contributed by atoms with Gasteiger partial charge in [0.2, 0.25) is 0 Å². The molecule has 0 fully saturated rings. The van der Waals surface area contributed by atoms with Gasteiger partial charge in [0, 0.05) is 0 Å². The molecule has 4 heteroatoms. The van der Waals surface area contributed by atoms with Crippen LogP contribution >= 0.6 is 0 Å². The van der Waals surface area contributed by atoms with E-state index in [9.17, 15) is 4.79 Å². The van der Waals surface area contributed by atoms with Crippen LogP contribution in [0.3, 0.4) is 0 Å². The standard InChI is InChI=1S/C6H10O4/c1-3-5(7)4-10-6(8)9-2/h3,5,7H,1,4H2,2H3. The van der Waals surface area contributed by atoms with Crippen molar-refractivity contribution < 1.29 is 19.4 Å². The van der Waals surface area contributed by atoms with Crippen molar-refractivity contribution in [2.75, 3.05) is 13.7 Å². The summed E-state index contributed by atoms with van der Waals surface area (Å²) in [7, 11) is 1.20. The monoisotopic (exact) mass is 146 g/mol. The second kappa shape index (κ2) is 4.81. The molecule has 0 aromatic heterocycles. The van der Waals surface area contributed by atoms with Gasteiger partial charge in [0.05, 0.1) is 7.11 Å². The van der Waals surface area contributed by atoms with Crippen LogP contribution in [0.1, 0.15) is 0 Å². The molecule has 0 spiro atoms. The smallest absolute Gasteiger partial charge is 0.438 e. The number of hydrogen-bond acceptors (Lipinski definition) is 4. The fourth-order valence-corrected chi connectivity index (χ4v) is 0.280. The highest BCUT2D eigenvalue weighted by atomic mass is 16.7. The van der Waals surface area contributed by atoms with Crippen LogP contribution in [0.5, 0.6) is 0 Å². The van der Waals surface area contributed by atoms with Crippen molar-refractivity contribution in [1.29, 1.82) is 0 Å². The molecule has 0 bridgehead atoms. The van der Waals surface area contributed by atoms with Gasteiger partial charge >= 0.3 is 6.16 Å². The number of rotatable bonds is 3. The van der Waals surface area contributed by atoms with E-state index < -0.39 is 12.3 Å². The lowest BCUT2D eigenvalue weighted by Crippen LogP contribution is -2.15. The maximum Gasteiger partial charge on any atom is 0.508 e. The van der Waals surface area contributed by atoms with Gasteiger partial charge in [0.1, 0.15) is 12.7 Å². The van der Waals surface area contributed by atoms with E-state index >= 15 is 0 Å². The number of hydrogen-bond donors (Lipinski definition) is 1. The summed E-state index contributed by atoms with van der Waals surface area (Å²) in [5.74, 6) is 0. The lowest BCUT2D eigenvalue weighted by molar-refractivity contribution is 0.0429. The molecule has 10 heavy (non-hydrogen) atoms. The molecule has 0 aliphatic heterocycles. The fraction of sp³-hybridized carbons (Fsp3) is 0.500. The Morgan fingerprint density at radius 2 is 2.50 bits per heavy atom. The minimum absolute atomic E-state index is 0.115. The molecule has 1 N–H and O–H groups in total. The molecule has 0 rings (SSSR count). The van der Waals surface area contributed by atoms with Crippen molar-refractivity contribution in [1.82, 2.24) is 0 Å². The van der Waals surface area contributed by atoms with Crippen LogP contribution in [-0.2, 0) is 9.47 Å². The Morgan fingerprint density at radius 1 is 1.90 bits per heavy atom. The van der Waals surface area contributed by atoms with Crippen molar-refractivity contribution in [3.63, 3.8) is 0 Å². The molecule has 4 nitrogen and oxygen atoms in total. The quantitative estimate of drug-likeness (QED) is 0.460. The van der Waals surface area contributed by atoms with E-state index in [4.69, 9.17) is 5.11 Å². The molecule has 0 aromatic rings. The number of aliphatic hydroxyl groups is 1. The third-order valence-corrected chi connectivity index (χ3v) is 0.811. The van der Waals surface area contributed by atoms with Gasteiger partial charge in [-0.3, -0.25) is 0 Å². The predicted octanol–water partition coefficient (Wildman–Crippen LogP) is 0.316. The number of ether oxygens (including phenoxy) is 2. The molecule has 58 valence electrons. The van der Waals surface area contributed by atoms with Crippen molar-refractivity contribution >= 4 is 6.16 Å². The molecule has 0 saturated heterocycles. The van der Waals surface area contributed by atoms with Gasteiger partial charge in [-0.2, -0.15) is 0 Å². The summed E-state index contributed by atoms with van der Waals surface area (Å²) < 4.78 is 8.50. The Kier molecular flexibility index (Phi) is 4.32. The van der Waals surface area contributed by atoms with Crippen molar-refractivity contribution in [3.05, 3.63) is 12.7 Å². The zero-order valence-corrected chi connectivity index (χ0v) is 5.74. The Hall–Kier alpha value is -1.03. The third kappa shape index (κ3) is 3.91.